The molecule has 1 aromatic carbocycles. The maximum Gasteiger partial charge on any atom is 0.265 e. The number of nitrogens with zero attached hydrogens (tertiary/aromatic N) is 3. The molecule has 0 saturated heterocycles. The molecule has 6 heteroatoms. The van der Waals surface area contributed by atoms with Crippen molar-refractivity contribution in [3.8, 4) is 11.6 Å². The number of hydrogen-bond donors (Lipinski definition) is 0. The average molecular weight is 322 g/mol. The summed E-state index contributed by atoms with van der Waals surface area (Å²) in [6, 6.07) is 4.97. The minimum absolute atomic E-state index is 0.135. The fourth-order valence-corrected chi connectivity index (χ4v) is 2.13. The van der Waals surface area contributed by atoms with E-state index < -0.39 is 5.82 Å². The number of aromatic nitrogens is 3. The highest BCUT2D eigenvalue weighted by Gasteiger charge is 2.12. The normalized spacial score (nSPS) is 10.9. The summed E-state index contributed by atoms with van der Waals surface area (Å²) in [5.41, 5.74) is 1.05. The fraction of sp³-hybridized carbons (Fsp3) is 0.0769. The molecule has 0 amide bonds. The Hall–Kier alpha value is -1.95. The third kappa shape index (κ3) is 2.19. The Morgan fingerprint density at radius 2 is 2.21 bits per heavy atom. The van der Waals surface area contributed by atoms with Gasteiger partial charge in [0.2, 0.25) is 5.65 Å². The van der Waals surface area contributed by atoms with Crippen molar-refractivity contribution in [1.82, 2.24) is 14.4 Å². The van der Waals surface area contributed by atoms with Gasteiger partial charge in [-0.2, -0.15) is 0 Å². The summed E-state index contributed by atoms with van der Waals surface area (Å²) < 4.78 is 21.8. The molecular weight excluding hydrogens is 313 g/mol. The molecule has 3 rings (SSSR count). The van der Waals surface area contributed by atoms with Crippen LogP contribution in [0.3, 0.4) is 0 Å². The van der Waals surface area contributed by atoms with Gasteiger partial charge in [-0.1, -0.05) is 12.1 Å². The van der Waals surface area contributed by atoms with Crippen molar-refractivity contribution in [2.75, 3.05) is 0 Å². The number of halogens is 2. The lowest BCUT2D eigenvalue weighted by Gasteiger charge is -2.08. The summed E-state index contributed by atoms with van der Waals surface area (Å²) >= 11 is 3.28. The van der Waals surface area contributed by atoms with E-state index in [0.717, 1.165) is 0 Å². The Morgan fingerprint density at radius 1 is 1.37 bits per heavy atom. The summed E-state index contributed by atoms with van der Waals surface area (Å²) in [7, 11) is 0. The first-order chi connectivity index (χ1) is 9.15. The van der Waals surface area contributed by atoms with E-state index in [0.29, 0.717) is 15.8 Å². The van der Waals surface area contributed by atoms with Crippen LogP contribution in [0.5, 0.6) is 11.6 Å². The molecule has 0 radical (unpaired) electrons. The topological polar surface area (TPSA) is 39.4 Å². The Morgan fingerprint density at radius 3 is 3.05 bits per heavy atom. The van der Waals surface area contributed by atoms with E-state index in [1.165, 1.54) is 0 Å². The molecule has 0 aliphatic rings. The van der Waals surface area contributed by atoms with Crippen molar-refractivity contribution in [3.63, 3.8) is 0 Å². The van der Waals surface area contributed by atoms with E-state index in [1.807, 2.05) is 0 Å². The molecule has 0 fully saturated rings. The molecule has 0 spiro atoms. The second-order valence-corrected chi connectivity index (χ2v) is 4.83. The zero-order valence-corrected chi connectivity index (χ0v) is 11.6. The van der Waals surface area contributed by atoms with Gasteiger partial charge in [0.25, 0.3) is 5.88 Å². The van der Waals surface area contributed by atoms with Crippen LogP contribution >= 0.6 is 15.9 Å². The standard InChI is InChI=1S/C13H9BrFN3O/c1-8-3-2-4-9(11(8)15)19-13-12-16-5-6-18(12)7-10(14)17-13/h2-7H,1H3. The molecule has 19 heavy (non-hydrogen) atoms. The van der Waals surface area contributed by atoms with Crippen LogP contribution in [0, 0.1) is 12.7 Å². The van der Waals surface area contributed by atoms with E-state index >= 15 is 0 Å². The van der Waals surface area contributed by atoms with Crippen LogP contribution in [0.15, 0.2) is 41.4 Å². The molecule has 0 saturated carbocycles. The van der Waals surface area contributed by atoms with Crippen molar-refractivity contribution in [1.29, 1.82) is 0 Å². The van der Waals surface area contributed by atoms with E-state index in [1.54, 1.807) is 48.1 Å². The molecule has 3 aromatic rings. The zero-order valence-electron chi connectivity index (χ0n) is 9.97. The summed E-state index contributed by atoms with van der Waals surface area (Å²) in [4.78, 5) is 8.32. The third-order valence-electron chi connectivity index (χ3n) is 2.68. The summed E-state index contributed by atoms with van der Waals surface area (Å²) in [5, 5.41) is 0. The predicted molar refractivity (Wildman–Crippen MR) is 71.9 cm³/mol. The minimum atomic E-state index is -0.394. The molecule has 0 atom stereocenters. The van der Waals surface area contributed by atoms with Gasteiger partial charge in [0, 0.05) is 18.6 Å². The van der Waals surface area contributed by atoms with Crippen LogP contribution in [0.2, 0.25) is 0 Å². The van der Waals surface area contributed by atoms with Crippen molar-refractivity contribution in [2.45, 2.75) is 6.92 Å². The smallest absolute Gasteiger partial charge is 0.265 e. The van der Waals surface area contributed by atoms with Gasteiger partial charge in [0.05, 0.1) is 0 Å². The van der Waals surface area contributed by atoms with Gasteiger partial charge >= 0.3 is 0 Å². The molecule has 2 aromatic heterocycles. The van der Waals surface area contributed by atoms with E-state index in [2.05, 4.69) is 25.9 Å². The van der Waals surface area contributed by atoms with E-state index in [4.69, 9.17) is 4.74 Å². The second-order valence-electron chi connectivity index (χ2n) is 4.02. The van der Waals surface area contributed by atoms with Gasteiger partial charge in [-0.25, -0.2) is 14.4 Å². The quantitative estimate of drug-likeness (QED) is 0.722. The minimum Gasteiger partial charge on any atom is -0.433 e. The average Bonchev–Trinajstić information content (AvgIpc) is 2.83. The first-order valence-corrected chi connectivity index (χ1v) is 6.36. The number of rotatable bonds is 2. The van der Waals surface area contributed by atoms with Crippen molar-refractivity contribution in [2.24, 2.45) is 0 Å². The fourth-order valence-electron chi connectivity index (χ4n) is 1.75. The van der Waals surface area contributed by atoms with Crippen LogP contribution in [0.25, 0.3) is 5.65 Å². The number of aryl methyl sites for hydroxylation is 1. The molecular formula is C13H9BrFN3O. The Bertz CT molecular complexity index is 757. The molecule has 0 aliphatic heterocycles. The number of hydrogen-bond acceptors (Lipinski definition) is 3. The van der Waals surface area contributed by atoms with Crippen LogP contribution in [0.4, 0.5) is 4.39 Å². The zero-order chi connectivity index (χ0) is 13.4. The maximum absolute atomic E-state index is 13.9. The number of imidazole rings is 1. The van der Waals surface area contributed by atoms with Gasteiger partial charge in [-0.15, -0.1) is 0 Å². The molecule has 0 bridgehead atoms. The van der Waals surface area contributed by atoms with E-state index in [9.17, 15) is 4.39 Å². The highest BCUT2D eigenvalue weighted by Crippen LogP contribution is 2.28. The molecule has 4 nitrogen and oxygen atoms in total. The molecule has 0 unspecified atom stereocenters. The third-order valence-corrected chi connectivity index (χ3v) is 3.06. The van der Waals surface area contributed by atoms with E-state index in [-0.39, 0.29) is 11.6 Å². The number of ether oxygens (including phenoxy) is 1. The summed E-state index contributed by atoms with van der Waals surface area (Å²) in [6.07, 6.45) is 5.14. The lowest BCUT2D eigenvalue weighted by Crippen LogP contribution is -1.97. The largest absolute Gasteiger partial charge is 0.433 e. The SMILES string of the molecule is Cc1cccc(Oc2nc(Br)cn3ccnc23)c1F. The highest BCUT2D eigenvalue weighted by molar-refractivity contribution is 9.10. The lowest BCUT2D eigenvalue weighted by atomic mass is 10.2. The van der Waals surface area contributed by atoms with Crippen LogP contribution < -0.4 is 4.74 Å². The Balaban J connectivity index is 2.10. The van der Waals surface area contributed by atoms with Crippen molar-refractivity contribution < 1.29 is 9.13 Å². The Labute approximate surface area is 117 Å². The molecule has 0 aliphatic carbocycles. The Kier molecular flexibility index (Phi) is 2.94. The first kappa shape index (κ1) is 12.1. The van der Waals surface area contributed by atoms with Crippen molar-refractivity contribution >= 4 is 21.6 Å². The molecule has 96 valence electrons. The van der Waals surface area contributed by atoms with Crippen molar-refractivity contribution in [3.05, 3.63) is 52.8 Å². The first-order valence-electron chi connectivity index (χ1n) is 5.57. The maximum atomic E-state index is 13.9. The van der Waals surface area contributed by atoms with Crippen LogP contribution in [0.1, 0.15) is 5.56 Å². The highest BCUT2D eigenvalue weighted by atomic mass is 79.9. The summed E-state index contributed by atoms with van der Waals surface area (Å²) in [6.45, 7) is 1.68. The van der Waals surface area contributed by atoms with Crippen LogP contribution in [-0.4, -0.2) is 14.4 Å². The number of benzene rings is 1. The van der Waals surface area contributed by atoms with Gasteiger partial charge in [-0.3, -0.25) is 4.40 Å². The lowest BCUT2D eigenvalue weighted by molar-refractivity contribution is 0.426. The summed E-state index contributed by atoms with van der Waals surface area (Å²) in [5.74, 6) is -0.00615. The second kappa shape index (κ2) is 4.62. The van der Waals surface area contributed by atoms with Gasteiger partial charge in [0.15, 0.2) is 11.6 Å². The van der Waals surface area contributed by atoms with Gasteiger partial charge in [-0.05, 0) is 34.5 Å². The van der Waals surface area contributed by atoms with Gasteiger partial charge < -0.3 is 4.74 Å². The monoisotopic (exact) mass is 321 g/mol. The van der Waals surface area contributed by atoms with Gasteiger partial charge in [0.1, 0.15) is 4.60 Å². The molecule has 0 N–H and O–H groups in total. The van der Waals surface area contributed by atoms with Crippen LogP contribution in [-0.2, 0) is 0 Å². The molecule has 2 heterocycles. The predicted octanol–water partition coefficient (Wildman–Crippen LogP) is 3.73. The number of fused-ring (bicyclic) bond motifs is 1.